The van der Waals surface area contributed by atoms with Crippen LogP contribution in [0.25, 0.3) is 0 Å². The van der Waals surface area contributed by atoms with Gasteiger partial charge in [0.2, 0.25) is 0 Å². The summed E-state index contributed by atoms with van der Waals surface area (Å²) in [6.45, 7) is 0. The van der Waals surface area contributed by atoms with Gasteiger partial charge in [-0.1, -0.05) is 35.3 Å². The first kappa shape index (κ1) is 20.9. The third-order valence-corrected chi connectivity index (χ3v) is 5.64. The van der Waals surface area contributed by atoms with Gasteiger partial charge in [-0.3, -0.25) is 9.52 Å². The lowest BCUT2D eigenvalue weighted by molar-refractivity contribution is 0.0955. The van der Waals surface area contributed by atoms with E-state index in [0.29, 0.717) is 21.3 Å². The van der Waals surface area contributed by atoms with Crippen LogP contribution < -0.4 is 10.1 Å². The Hall–Kier alpha value is -2.87. The van der Waals surface area contributed by atoms with Crippen molar-refractivity contribution in [2.45, 2.75) is 4.90 Å². The summed E-state index contributed by atoms with van der Waals surface area (Å²) in [5.74, 6) is -0.435. The number of anilines is 1. The predicted octanol–water partition coefficient (Wildman–Crippen LogP) is 4.56. The van der Waals surface area contributed by atoms with Crippen molar-refractivity contribution in [3.8, 4) is 0 Å². The number of carbonyl (C=O) groups is 1. The van der Waals surface area contributed by atoms with Gasteiger partial charge in [0.05, 0.1) is 11.1 Å². The molecule has 1 amide bonds. The molecule has 3 rings (SSSR count). The number of benzene rings is 3. The van der Waals surface area contributed by atoms with Gasteiger partial charge in [-0.25, -0.2) is 13.8 Å². The molecule has 0 aliphatic heterocycles. The number of rotatable bonds is 6. The fourth-order valence-corrected chi connectivity index (χ4v) is 3.72. The van der Waals surface area contributed by atoms with Crippen LogP contribution in [0.2, 0.25) is 10.0 Å². The average Bonchev–Trinajstić information content (AvgIpc) is 2.68. The van der Waals surface area contributed by atoms with Crippen molar-refractivity contribution in [2.75, 3.05) is 4.72 Å². The second kappa shape index (κ2) is 9.09. The van der Waals surface area contributed by atoms with E-state index >= 15 is 0 Å². The highest BCUT2D eigenvalue weighted by Gasteiger charge is 2.14. The van der Waals surface area contributed by atoms with E-state index in [9.17, 15) is 13.2 Å². The molecule has 3 aromatic rings. The molecule has 9 heteroatoms. The van der Waals surface area contributed by atoms with Crippen molar-refractivity contribution < 1.29 is 13.2 Å². The maximum Gasteiger partial charge on any atom is 0.271 e. The van der Waals surface area contributed by atoms with Crippen LogP contribution in [-0.4, -0.2) is 20.5 Å². The molecule has 3 aromatic carbocycles. The number of amides is 1. The van der Waals surface area contributed by atoms with Gasteiger partial charge in [-0.15, -0.1) is 0 Å². The number of halogens is 2. The summed E-state index contributed by atoms with van der Waals surface area (Å²) in [6, 6.07) is 18.8. The van der Waals surface area contributed by atoms with E-state index in [-0.39, 0.29) is 4.90 Å². The van der Waals surface area contributed by atoms with Gasteiger partial charge in [-0.2, -0.15) is 5.10 Å². The lowest BCUT2D eigenvalue weighted by Crippen LogP contribution is -2.18. The number of hydrogen-bond acceptors (Lipinski definition) is 4. The Morgan fingerprint density at radius 3 is 2.24 bits per heavy atom. The van der Waals surface area contributed by atoms with E-state index in [1.54, 1.807) is 24.3 Å². The summed E-state index contributed by atoms with van der Waals surface area (Å²) < 4.78 is 27.2. The van der Waals surface area contributed by atoms with Crippen LogP contribution in [0.3, 0.4) is 0 Å². The highest BCUT2D eigenvalue weighted by molar-refractivity contribution is 7.92. The van der Waals surface area contributed by atoms with Crippen LogP contribution in [0.5, 0.6) is 0 Å². The molecular weight excluding hydrogens is 433 g/mol. The van der Waals surface area contributed by atoms with E-state index < -0.39 is 15.9 Å². The largest absolute Gasteiger partial charge is 0.280 e. The van der Waals surface area contributed by atoms with Crippen LogP contribution in [0.15, 0.2) is 82.8 Å². The maximum absolute atomic E-state index is 12.4. The molecule has 0 aliphatic rings. The molecule has 0 bridgehead atoms. The Labute approximate surface area is 178 Å². The van der Waals surface area contributed by atoms with E-state index in [1.807, 2.05) is 0 Å². The molecule has 148 valence electrons. The van der Waals surface area contributed by atoms with Crippen molar-refractivity contribution in [2.24, 2.45) is 5.10 Å². The van der Waals surface area contributed by atoms with Crippen molar-refractivity contribution in [1.29, 1.82) is 0 Å². The van der Waals surface area contributed by atoms with Crippen molar-refractivity contribution in [3.05, 3.63) is 94.0 Å². The molecular formula is C20H15Cl2N3O3S. The number of hydrazone groups is 1. The fraction of sp³-hybridized carbons (Fsp3) is 0. The highest BCUT2D eigenvalue weighted by atomic mass is 35.5. The molecule has 29 heavy (non-hydrogen) atoms. The van der Waals surface area contributed by atoms with Crippen LogP contribution in [-0.2, 0) is 10.0 Å². The van der Waals surface area contributed by atoms with E-state index in [1.165, 1.54) is 54.7 Å². The Balaban J connectivity index is 1.63. The summed E-state index contributed by atoms with van der Waals surface area (Å²) in [5.41, 5.74) is 3.78. The minimum atomic E-state index is -3.76. The maximum atomic E-state index is 12.4. The zero-order valence-electron chi connectivity index (χ0n) is 14.8. The molecule has 0 atom stereocenters. The molecule has 0 fully saturated rings. The Kier molecular flexibility index (Phi) is 6.53. The van der Waals surface area contributed by atoms with Crippen molar-refractivity contribution in [3.63, 3.8) is 0 Å². The van der Waals surface area contributed by atoms with E-state index in [2.05, 4.69) is 15.2 Å². The average molecular weight is 448 g/mol. The van der Waals surface area contributed by atoms with Gasteiger partial charge in [0.1, 0.15) is 0 Å². The van der Waals surface area contributed by atoms with Gasteiger partial charge >= 0.3 is 0 Å². The highest BCUT2D eigenvalue weighted by Crippen LogP contribution is 2.18. The zero-order chi connectivity index (χ0) is 20.9. The minimum Gasteiger partial charge on any atom is -0.280 e. The Morgan fingerprint density at radius 2 is 1.59 bits per heavy atom. The third-order valence-electron chi connectivity index (χ3n) is 3.75. The molecule has 0 unspecified atom stereocenters. The zero-order valence-corrected chi connectivity index (χ0v) is 17.2. The normalized spacial score (nSPS) is 11.4. The number of nitrogens with zero attached hydrogens (tertiary/aromatic N) is 1. The second-order valence-electron chi connectivity index (χ2n) is 5.89. The van der Waals surface area contributed by atoms with Gasteiger partial charge in [0, 0.05) is 21.3 Å². The Morgan fingerprint density at radius 1 is 0.897 bits per heavy atom. The topological polar surface area (TPSA) is 87.6 Å². The van der Waals surface area contributed by atoms with Gasteiger partial charge in [0.25, 0.3) is 15.9 Å². The van der Waals surface area contributed by atoms with Crippen LogP contribution >= 0.6 is 23.2 Å². The minimum absolute atomic E-state index is 0.0825. The summed E-state index contributed by atoms with van der Waals surface area (Å²) in [6.07, 6.45) is 1.47. The number of carbonyl (C=O) groups excluding carboxylic acids is 1. The predicted molar refractivity (Wildman–Crippen MR) is 115 cm³/mol. The molecule has 0 heterocycles. The number of sulfonamides is 1. The molecule has 0 aromatic heterocycles. The third kappa shape index (κ3) is 5.80. The van der Waals surface area contributed by atoms with Gasteiger partial charge in [-0.05, 0) is 66.2 Å². The monoisotopic (exact) mass is 447 g/mol. The quantitative estimate of drug-likeness (QED) is 0.428. The summed E-state index contributed by atoms with van der Waals surface area (Å²) in [5, 5.41) is 4.89. The molecule has 0 spiro atoms. The molecule has 0 saturated heterocycles. The first-order chi connectivity index (χ1) is 13.8. The van der Waals surface area contributed by atoms with Crippen LogP contribution in [0, 0.1) is 0 Å². The van der Waals surface area contributed by atoms with Gasteiger partial charge in [0.15, 0.2) is 0 Å². The summed E-state index contributed by atoms with van der Waals surface area (Å²) >= 11 is 11.7. The SMILES string of the molecule is O=C(N/N=C\c1cccc(Cl)c1)c1ccc(NS(=O)(=O)c2ccc(Cl)cc2)cc1. The van der Waals surface area contributed by atoms with Crippen molar-refractivity contribution >= 4 is 51.0 Å². The number of nitrogens with one attached hydrogen (secondary N) is 2. The van der Waals surface area contributed by atoms with Crippen LogP contribution in [0.1, 0.15) is 15.9 Å². The molecule has 2 N–H and O–H groups in total. The number of hydrogen-bond donors (Lipinski definition) is 2. The summed E-state index contributed by atoms with van der Waals surface area (Å²) in [4.78, 5) is 12.2. The van der Waals surface area contributed by atoms with Crippen molar-refractivity contribution in [1.82, 2.24) is 5.43 Å². The Bertz CT molecular complexity index is 1150. The van der Waals surface area contributed by atoms with E-state index in [0.717, 1.165) is 5.56 Å². The lowest BCUT2D eigenvalue weighted by Gasteiger charge is -2.08. The first-order valence-corrected chi connectivity index (χ1v) is 10.5. The fourth-order valence-electron chi connectivity index (χ4n) is 2.33. The molecule has 6 nitrogen and oxygen atoms in total. The van der Waals surface area contributed by atoms with E-state index in [4.69, 9.17) is 23.2 Å². The first-order valence-electron chi connectivity index (χ1n) is 8.31. The molecule has 0 radical (unpaired) electrons. The van der Waals surface area contributed by atoms with Crippen LogP contribution in [0.4, 0.5) is 5.69 Å². The van der Waals surface area contributed by atoms with Gasteiger partial charge < -0.3 is 0 Å². The standard InChI is InChI=1S/C20H15Cl2N3O3S/c21-16-6-10-19(11-7-16)29(27,28)25-18-8-4-15(5-9-18)20(26)24-23-13-14-2-1-3-17(22)12-14/h1-13,25H,(H,24,26)/b23-13-. The molecule has 0 aliphatic carbocycles. The summed E-state index contributed by atoms with van der Waals surface area (Å²) in [7, 11) is -3.76. The smallest absolute Gasteiger partial charge is 0.271 e. The lowest BCUT2D eigenvalue weighted by atomic mass is 10.2. The molecule has 0 saturated carbocycles. The second-order valence-corrected chi connectivity index (χ2v) is 8.45.